The van der Waals surface area contributed by atoms with Crippen molar-refractivity contribution < 1.29 is 27.4 Å². The standard InChI is InChI=1S/C22H22N2O6S/c1-28-18-11-8-16(9-12-18)24-31(26,27)21-14-17(10-13-20(21)29-2)23-22(25)15-30-19-6-4-3-5-7-19/h3-14,24H,15H2,1-2H3,(H,23,25). The average Bonchev–Trinajstić information content (AvgIpc) is 2.78. The third-order valence-electron chi connectivity index (χ3n) is 4.19. The summed E-state index contributed by atoms with van der Waals surface area (Å²) in [7, 11) is -1.10. The number of hydrogen-bond donors (Lipinski definition) is 2. The Morgan fingerprint density at radius 3 is 2.16 bits per heavy atom. The number of nitrogens with one attached hydrogen (secondary N) is 2. The van der Waals surface area contributed by atoms with Crippen molar-refractivity contribution in [2.75, 3.05) is 30.9 Å². The van der Waals surface area contributed by atoms with E-state index in [-0.39, 0.29) is 22.9 Å². The maximum absolute atomic E-state index is 12.9. The lowest BCUT2D eigenvalue weighted by Gasteiger charge is -2.14. The number of ether oxygens (including phenoxy) is 3. The maximum atomic E-state index is 12.9. The summed E-state index contributed by atoms with van der Waals surface area (Å²) in [5.74, 6) is 0.863. The predicted octanol–water partition coefficient (Wildman–Crippen LogP) is 3.52. The van der Waals surface area contributed by atoms with Crippen molar-refractivity contribution in [2.24, 2.45) is 0 Å². The Morgan fingerprint density at radius 1 is 0.839 bits per heavy atom. The summed E-state index contributed by atoms with van der Waals surface area (Å²) in [5.41, 5.74) is 0.645. The summed E-state index contributed by atoms with van der Waals surface area (Å²) in [4.78, 5) is 12.1. The molecule has 0 aliphatic heterocycles. The van der Waals surface area contributed by atoms with Gasteiger partial charge in [0.25, 0.3) is 15.9 Å². The number of rotatable bonds is 9. The van der Waals surface area contributed by atoms with Gasteiger partial charge in [-0.2, -0.15) is 0 Å². The van der Waals surface area contributed by atoms with Gasteiger partial charge in [0, 0.05) is 11.4 Å². The largest absolute Gasteiger partial charge is 0.497 e. The van der Waals surface area contributed by atoms with Crippen LogP contribution in [-0.2, 0) is 14.8 Å². The van der Waals surface area contributed by atoms with Crippen LogP contribution in [0.4, 0.5) is 11.4 Å². The lowest BCUT2D eigenvalue weighted by molar-refractivity contribution is -0.118. The van der Waals surface area contributed by atoms with Gasteiger partial charge in [-0.15, -0.1) is 0 Å². The second-order valence-corrected chi connectivity index (χ2v) is 8.00. The van der Waals surface area contributed by atoms with Crippen molar-refractivity contribution in [2.45, 2.75) is 4.90 Å². The highest BCUT2D eigenvalue weighted by Gasteiger charge is 2.21. The van der Waals surface area contributed by atoms with Crippen LogP contribution in [-0.4, -0.2) is 35.2 Å². The first-order valence-corrected chi connectivity index (χ1v) is 10.7. The van der Waals surface area contributed by atoms with Crippen molar-refractivity contribution in [3.8, 4) is 17.2 Å². The number of hydrogen-bond acceptors (Lipinski definition) is 6. The monoisotopic (exact) mass is 442 g/mol. The van der Waals surface area contributed by atoms with Gasteiger partial charge in [-0.1, -0.05) is 18.2 Å². The zero-order chi connectivity index (χ0) is 22.3. The Hall–Kier alpha value is -3.72. The van der Waals surface area contributed by atoms with E-state index in [1.807, 2.05) is 6.07 Å². The van der Waals surface area contributed by atoms with Gasteiger partial charge in [-0.3, -0.25) is 9.52 Å². The number of carbonyl (C=O) groups is 1. The Labute approximate surface area is 180 Å². The summed E-state index contributed by atoms with van der Waals surface area (Å²) in [6.45, 7) is -0.220. The van der Waals surface area contributed by atoms with E-state index >= 15 is 0 Å². The van der Waals surface area contributed by atoms with E-state index in [0.717, 1.165) is 0 Å². The van der Waals surface area contributed by atoms with Crippen molar-refractivity contribution in [1.29, 1.82) is 0 Å². The summed E-state index contributed by atoms with van der Waals surface area (Å²) in [6, 6.07) is 19.7. The third-order valence-corrected chi connectivity index (χ3v) is 5.59. The van der Waals surface area contributed by atoms with Crippen LogP contribution >= 0.6 is 0 Å². The van der Waals surface area contributed by atoms with Crippen LogP contribution in [0.3, 0.4) is 0 Å². The van der Waals surface area contributed by atoms with Crippen LogP contribution in [0.1, 0.15) is 0 Å². The number of benzene rings is 3. The lowest BCUT2D eigenvalue weighted by Crippen LogP contribution is -2.21. The van der Waals surface area contributed by atoms with Gasteiger partial charge in [0.1, 0.15) is 22.1 Å². The minimum atomic E-state index is -3.99. The summed E-state index contributed by atoms with van der Waals surface area (Å²) in [6.07, 6.45) is 0. The molecule has 0 saturated carbocycles. The molecule has 8 nitrogen and oxygen atoms in total. The van der Waals surface area contributed by atoms with Gasteiger partial charge < -0.3 is 19.5 Å². The van der Waals surface area contributed by atoms with E-state index in [0.29, 0.717) is 17.2 Å². The van der Waals surface area contributed by atoms with E-state index in [4.69, 9.17) is 14.2 Å². The van der Waals surface area contributed by atoms with Gasteiger partial charge >= 0.3 is 0 Å². The number of carbonyl (C=O) groups excluding carboxylic acids is 1. The van der Waals surface area contributed by atoms with Crippen LogP contribution in [0.15, 0.2) is 77.7 Å². The summed E-state index contributed by atoms with van der Waals surface area (Å²) < 4.78 is 44.0. The number of para-hydroxylation sites is 1. The van der Waals surface area contributed by atoms with E-state index in [9.17, 15) is 13.2 Å². The molecule has 2 N–H and O–H groups in total. The number of anilines is 2. The SMILES string of the molecule is COc1ccc(NS(=O)(=O)c2cc(NC(=O)COc3ccccc3)ccc2OC)cc1. The van der Waals surface area contributed by atoms with Crippen LogP contribution in [0.25, 0.3) is 0 Å². The molecular formula is C22H22N2O6S. The Kier molecular flexibility index (Phi) is 6.99. The Bertz CT molecular complexity index is 1130. The fraction of sp³-hybridized carbons (Fsp3) is 0.136. The molecule has 31 heavy (non-hydrogen) atoms. The molecule has 0 atom stereocenters. The molecule has 9 heteroatoms. The zero-order valence-electron chi connectivity index (χ0n) is 17.0. The van der Waals surface area contributed by atoms with Gasteiger partial charge in [0.2, 0.25) is 0 Å². The smallest absolute Gasteiger partial charge is 0.265 e. The molecule has 0 fully saturated rings. The molecule has 0 aromatic heterocycles. The van der Waals surface area contributed by atoms with Crippen LogP contribution in [0.2, 0.25) is 0 Å². The molecule has 0 saturated heterocycles. The highest BCUT2D eigenvalue weighted by molar-refractivity contribution is 7.92. The molecule has 0 aliphatic rings. The van der Waals surface area contributed by atoms with Crippen molar-refractivity contribution in [3.63, 3.8) is 0 Å². The second kappa shape index (κ2) is 9.86. The number of amides is 1. The van der Waals surface area contributed by atoms with Crippen molar-refractivity contribution >= 4 is 27.3 Å². The molecule has 1 amide bonds. The number of methoxy groups -OCH3 is 2. The minimum absolute atomic E-state index is 0.118. The summed E-state index contributed by atoms with van der Waals surface area (Å²) >= 11 is 0. The van der Waals surface area contributed by atoms with Crippen LogP contribution in [0, 0.1) is 0 Å². The fourth-order valence-electron chi connectivity index (χ4n) is 2.70. The molecule has 0 unspecified atom stereocenters. The molecule has 162 valence electrons. The molecule has 0 bridgehead atoms. The fourth-order valence-corrected chi connectivity index (χ4v) is 3.95. The predicted molar refractivity (Wildman–Crippen MR) is 117 cm³/mol. The summed E-state index contributed by atoms with van der Waals surface area (Å²) in [5, 5.41) is 2.63. The van der Waals surface area contributed by atoms with Crippen molar-refractivity contribution in [3.05, 3.63) is 72.8 Å². The first-order valence-electron chi connectivity index (χ1n) is 9.24. The third kappa shape index (κ3) is 5.89. The molecule has 3 rings (SSSR count). The molecule has 3 aromatic rings. The highest BCUT2D eigenvalue weighted by atomic mass is 32.2. The van der Waals surface area contributed by atoms with Crippen LogP contribution < -0.4 is 24.2 Å². The first kappa shape index (κ1) is 22.0. The molecule has 0 heterocycles. The molecule has 0 spiro atoms. The molecule has 0 aliphatic carbocycles. The molecular weight excluding hydrogens is 420 g/mol. The minimum Gasteiger partial charge on any atom is -0.497 e. The molecule has 3 aromatic carbocycles. The normalized spacial score (nSPS) is 10.8. The second-order valence-electron chi connectivity index (χ2n) is 6.35. The number of sulfonamides is 1. The van der Waals surface area contributed by atoms with E-state index < -0.39 is 15.9 Å². The van der Waals surface area contributed by atoms with E-state index in [2.05, 4.69) is 10.0 Å². The van der Waals surface area contributed by atoms with Gasteiger partial charge in [-0.05, 0) is 54.6 Å². The zero-order valence-corrected chi connectivity index (χ0v) is 17.8. The Morgan fingerprint density at radius 2 is 1.52 bits per heavy atom. The van der Waals surface area contributed by atoms with E-state index in [1.165, 1.54) is 26.4 Å². The topological polar surface area (TPSA) is 103 Å². The highest BCUT2D eigenvalue weighted by Crippen LogP contribution is 2.29. The Balaban J connectivity index is 1.75. The van der Waals surface area contributed by atoms with Gasteiger partial charge in [-0.25, -0.2) is 8.42 Å². The van der Waals surface area contributed by atoms with E-state index in [1.54, 1.807) is 54.6 Å². The van der Waals surface area contributed by atoms with Gasteiger partial charge in [0.05, 0.1) is 14.2 Å². The lowest BCUT2D eigenvalue weighted by atomic mass is 10.3. The maximum Gasteiger partial charge on any atom is 0.265 e. The van der Waals surface area contributed by atoms with Gasteiger partial charge in [0.15, 0.2) is 6.61 Å². The first-order chi connectivity index (χ1) is 14.9. The quantitative estimate of drug-likeness (QED) is 0.526. The molecule has 0 radical (unpaired) electrons. The van der Waals surface area contributed by atoms with Crippen LogP contribution in [0.5, 0.6) is 17.2 Å². The average molecular weight is 442 g/mol. The van der Waals surface area contributed by atoms with Crippen molar-refractivity contribution in [1.82, 2.24) is 0 Å².